The second-order valence-electron chi connectivity index (χ2n) is 13.2. The van der Waals surface area contributed by atoms with E-state index in [1.165, 1.54) is 51.4 Å². The van der Waals surface area contributed by atoms with Crippen LogP contribution < -0.4 is 0 Å². The average molecular weight is 675 g/mol. The number of aliphatic hydroxyl groups is 2. The Morgan fingerprint density at radius 2 is 0.833 bits per heavy atom. The fourth-order valence-corrected chi connectivity index (χ4v) is 5.33. The molecule has 0 fully saturated rings. The zero-order valence-electron chi connectivity index (χ0n) is 31.3. The first-order valence-corrected chi connectivity index (χ1v) is 19.8. The number of hydrogen-bond donors (Lipinski definition) is 2. The van der Waals surface area contributed by atoms with Gasteiger partial charge in [0, 0.05) is 12.8 Å². The molecule has 48 heavy (non-hydrogen) atoms. The summed E-state index contributed by atoms with van der Waals surface area (Å²) in [7, 11) is 0. The van der Waals surface area contributed by atoms with E-state index in [0.29, 0.717) is 19.3 Å². The molecule has 6 heteroatoms. The first kappa shape index (κ1) is 45.8. The molecule has 0 rings (SSSR count). The molecule has 0 amide bonds. The standard InChI is InChI=1S/C42H74O6/c1-4-7-10-12-14-16-18-20-22-24-26-28-30-32-34-37-40(44)47-42(46,39(43)36-9-6-3)48-41(45)38-35-33-31-29-27-25-23-21-19-17-15-13-11-8-5-2/h14-17,20-23,39,43,46H,4-13,18-19,24-38H2,1-3H3/b16-14-,17-15-,22-20-,23-21-. The van der Waals surface area contributed by atoms with Gasteiger partial charge in [-0.25, -0.2) is 0 Å². The van der Waals surface area contributed by atoms with Gasteiger partial charge in [-0.05, 0) is 83.5 Å². The Kier molecular flexibility index (Phi) is 33.1. The van der Waals surface area contributed by atoms with Crippen LogP contribution in [-0.2, 0) is 19.1 Å². The molecule has 0 aliphatic carbocycles. The second kappa shape index (κ2) is 34.7. The molecule has 0 heterocycles. The van der Waals surface area contributed by atoms with Crippen molar-refractivity contribution in [1.82, 2.24) is 0 Å². The lowest BCUT2D eigenvalue weighted by Crippen LogP contribution is -2.50. The van der Waals surface area contributed by atoms with Gasteiger partial charge in [-0.1, -0.05) is 146 Å². The van der Waals surface area contributed by atoms with Crippen molar-refractivity contribution in [2.45, 2.75) is 206 Å². The lowest BCUT2D eigenvalue weighted by Gasteiger charge is -2.31. The molecule has 0 aliphatic rings. The molecule has 278 valence electrons. The summed E-state index contributed by atoms with van der Waals surface area (Å²) in [6, 6.07) is 0. The monoisotopic (exact) mass is 675 g/mol. The van der Waals surface area contributed by atoms with E-state index in [1.807, 2.05) is 6.92 Å². The first-order chi connectivity index (χ1) is 23.4. The lowest BCUT2D eigenvalue weighted by molar-refractivity contribution is -0.361. The van der Waals surface area contributed by atoms with Gasteiger partial charge in [0.2, 0.25) is 0 Å². The molecular formula is C42H74O6. The number of rotatable bonds is 34. The molecule has 0 saturated heterocycles. The van der Waals surface area contributed by atoms with Crippen LogP contribution in [0.2, 0.25) is 0 Å². The van der Waals surface area contributed by atoms with Crippen molar-refractivity contribution in [3.63, 3.8) is 0 Å². The van der Waals surface area contributed by atoms with Gasteiger partial charge < -0.3 is 19.7 Å². The van der Waals surface area contributed by atoms with Gasteiger partial charge in [-0.3, -0.25) is 9.59 Å². The third kappa shape index (κ3) is 29.9. The van der Waals surface area contributed by atoms with E-state index in [-0.39, 0.29) is 19.3 Å². The molecule has 0 aromatic carbocycles. The predicted molar refractivity (Wildman–Crippen MR) is 201 cm³/mol. The highest BCUT2D eigenvalue weighted by Gasteiger charge is 2.44. The van der Waals surface area contributed by atoms with Gasteiger partial charge in [-0.2, -0.15) is 0 Å². The van der Waals surface area contributed by atoms with Crippen molar-refractivity contribution >= 4 is 11.9 Å². The van der Waals surface area contributed by atoms with Crippen molar-refractivity contribution in [3.05, 3.63) is 48.6 Å². The number of carbonyl (C=O) groups is 2. The summed E-state index contributed by atoms with van der Waals surface area (Å²) in [4.78, 5) is 25.1. The molecule has 1 unspecified atom stereocenters. The Bertz CT molecular complexity index is 798. The predicted octanol–water partition coefficient (Wildman–Crippen LogP) is 11.9. The topological polar surface area (TPSA) is 93.1 Å². The van der Waals surface area contributed by atoms with E-state index in [1.54, 1.807) is 0 Å². The highest BCUT2D eigenvalue weighted by Crippen LogP contribution is 2.23. The zero-order chi connectivity index (χ0) is 35.4. The number of esters is 2. The summed E-state index contributed by atoms with van der Waals surface area (Å²) in [5.74, 6) is -3.97. The van der Waals surface area contributed by atoms with Gasteiger partial charge in [0.15, 0.2) is 6.10 Å². The maximum Gasteiger partial charge on any atom is 0.401 e. The van der Waals surface area contributed by atoms with Crippen molar-refractivity contribution in [2.24, 2.45) is 0 Å². The van der Waals surface area contributed by atoms with E-state index < -0.39 is 24.0 Å². The molecule has 2 N–H and O–H groups in total. The van der Waals surface area contributed by atoms with Crippen LogP contribution in [0, 0.1) is 0 Å². The highest BCUT2D eigenvalue weighted by atomic mass is 16.8. The third-order valence-electron chi connectivity index (χ3n) is 8.44. The zero-order valence-corrected chi connectivity index (χ0v) is 31.3. The summed E-state index contributed by atoms with van der Waals surface area (Å²) >= 11 is 0. The molecule has 0 spiro atoms. The van der Waals surface area contributed by atoms with Crippen LogP contribution in [0.4, 0.5) is 0 Å². The van der Waals surface area contributed by atoms with Crippen molar-refractivity contribution < 1.29 is 29.3 Å². The molecule has 0 bridgehead atoms. The van der Waals surface area contributed by atoms with Crippen LogP contribution in [0.15, 0.2) is 48.6 Å². The fourth-order valence-electron chi connectivity index (χ4n) is 5.33. The van der Waals surface area contributed by atoms with E-state index in [9.17, 15) is 19.8 Å². The molecule has 0 aliphatic heterocycles. The number of ether oxygens (including phenoxy) is 2. The molecule has 0 aromatic rings. The van der Waals surface area contributed by atoms with Gasteiger partial charge in [0.1, 0.15) is 0 Å². The quantitative estimate of drug-likeness (QED) is 0.0305. The van der Waals surface area contributed by atoms with Crippen LogP contribution >= 0.6 is 0 Å². The van der Waals surface area contributed by atoms with Gasteiger partial charge in [-0.15, -0.1) is 0 Å². The Hall–Kier alpha value is -2.18. The lowest BCUT2D eigenvalue weighted by atomic mass is 10.1. The number of hydrogen-bond acceptors (Lipinski definition) is 6. The largest absolute Gasteiger partial charge is 0.401 e. The van der Waals surface area contributed by atoms with Gasteiger partial charge in [0.05, 0.1) is 0 Å². The van der Waals surface area contributed by atoms with E-state index in [2.05, 4.69) is 62.5 Å². The summed E-state index contributed by atoms with van der Waals surface area (Å²) < 4.78 is 10.4. The Balaban J connectivity index is 4.21. The number of unbranched alkanes of at least 4 members (excludes halogenated alkanes) is 17. The normalized spacial score (nSPS) is 13.0. The number of allylic oxidation sites excluding steroid dienone is 8. The molecule has 6 nitrogen and oxygen atoms in total. The summed E-state index contributed by atoms with van der Waals surface area (Å²) in [5, 5.41) is 21.5. The number of carbonyl (C=O) groups excluding carboxylic acids is 2. The van der Waals surface area contributed by atoms with Crippen molar-refractivity contribution in [1.29, 1.82) is 0 Å². The SMILES string of the molecule is CCCCC/C=C\C/C=C\CCCCCCCC(=O)OC(O)(OC(=O)CCCCCCC/C=C\C/C=C\CCCCC)C(O)CCCC. The number of aliphatic hydroxyl groups excluding tert-OH is 1. The smallest absolute Gasteiger partial charge is 0.396 e. The summed E-state index contributed by atoms with van der Waals surface area (Å²) in [6.45, 7) is 6.41. The van der Waals surface area contributed by atoms with E-state index >= 15 is 0 Å². The second-order valence-corrected chi connectivity index (χ2v) is 13.2. The summed E-state index contributed by atoms with van der Waals surface area (Å²) in [5.41, 5.74) is 0. The van der Waals surface area contributed by atoms with Crippen molar-refractivity contribution in [2.75, 3.05) is 0 Å². The minimum atomic E-state index is -2.64. The van der Waals surface area contributed by atoms with E-state index in [0.717, 1.165) is 83.5 Å². The minimum Gasteiger partial charge on any atom is -0.396 e. The van der Waals surface area contributed by atoms with Gasteiger partial charge >= 0.3 is 17.9 Å². The minimum absolute atomic E-state index is 0.107. The molecule has 0 saturated carbocycles. The Labute approximate surface area is 295 Å². The van der Waals surface area contributed by atoms with Crippen LogP contribution in [0.5, 0.6) is 0 Å². The Morgan fingerprint density at radius 1 is 0.500 bits per heavy atom. The maximum absolute atomic E-state index is 12.6. The van der Waals surface area contributed by atoms with E-state index in [4.69, 9.17) is 9.47 Å². The van der Waals surface area contributed by atoms with Gasteiger partial charge in [0.25, 0.3) is 0 Å². The average Bonchev–Trinajstić information content (AvgIpc) is 3.07. The van der Waals surface area contributed by atoms with Crippen LogP contribution in [0.3, 0.4) is 0 Å². The Morgan fingerprint density at radius 3 is 1.21 bits per heavy atom. The molecular weight excluding hydrogens is 600 g/mol. The van der Waals surface area contributed by atoms with Crippen molar-refractivity contribution in [3.8, 4) is 0 Å². The molecule has 0 radical (unpaired) electrons. The van der Waals surface area contributed by atoms with Crippen LogP contribution in [0.25, 0.3) is 0 Å². The first-order valence-electron chi connectivity index (χ1n) is 19.8. The highest BCUT2D eigenvalue weighted by molar-refractivity contribution is 5.71. The van der Waals surface area contributed by atoms with Crippen LogP contribution in [0.1, 0.15) is 194 Å². The third-order valence-corrected chi connectivity index (χ3v) is 8.44. The van der Waals surface area contributed by atoms with Crippen LogP contribution in [-0.4, -0.2) is 34.2 Å². The summed E-state index contributed by atoms with van der Waals surface area (Å²) in [6.07, 6.45) is 41.9. The molecule has 0 aromatic heterocycles. The fraction of sp³-hybridized carbons (Fsp3) is 0.762. The molecule has 1 atom stereocenters. The maximum atomic E-state index is 12.6.